The van der Waals surface area contributed by atoms with E-state index in [1.165, 1.54) is 4.80 Å². The van der Waals surface area contributed by atoms with Crippen LogP contribution >= 0.6 is 0 Å². The topological polar surface area (TPSA) is 112 Å². The van der Waals surface area contributed by atoms with E-state index in [2.05, 4.69) is 39.4 Å². The zero-order valence-corrected chi connectivity index (χ0v) is 20.2. The van der Waals surface area contributed by atoms with E-state index in [1.54, 1.807) is 24.1 Å². The van der Waals surface area contributed by atoms with Crippen molar-refractivity contribution in [2.75, 3.05) is 5.32 Å². The molecule has 1 aliphatic heterocycles. The molecular formula is C23H28N10O. The Labute approximate surface area is 197 Å². The van der Waals surface area contributed by atoms with Crippen molar-refractivity contribution in [1.29, 1.82) is 0 Å². The van der Waals surface area contributed by atoms with E-state index in [0.717, 1.165) is 34.0 Å². The minimum Gasteiger partial charge on any atom is -0.340 e. The van der Waals surface area contributed by atoms with Gasteiger partial charge in [-0.15, -0.1) is 0 Å². The SMILES string of the molecule is Cc1cc(Nc2ncc(C)c(-c3cc4n(c3)CC(C)(C)N(Cc3cnn(C)n3)C4=O)n2)n(C)n1. The average molecular weight is 461 g/mol. The summed E-state index contributed by atoms with van der Waals surface area (Å²) in [6.45, 7) is 9.11. The first kappa shape index (κ1) is 21.8. The number of rotatable bonds is 5. The van der Waals surface area contributed by atoms with Crippen molar-refractivity contribution < 1.29 is 4.79 Å². The number of hydrogen-bond donors (Lipinski definition) is 1. The van der Waals surface area contributed by atoms with Gasteiger partial charge < -0.3 is 14.8 Å². The Hall–Kier alpha value is -4.02. The summed E-state index contributed by atoms with van der Waals surface area (Å²) in [7, 11) is 3.64. The van der Waals surface area contributed by atoms with E-state index in [-0.39, 0.29) is 11.4 Å². The third-order valence-corrected chi connectivity index (χ3v) is 6.10. The fourth-order valence-electron chi connectivity index (χ4n) is 4.41. The number of nitrogens with zero attached hydrogens (tertiary/aromatic N) is 9. The predicted molar refractivity (Wildman–Crippen MR) is 126 cm³/mol. The second kappa shape index (κ2) is 7.79. The van der Waals surface area contributed by atoms with Crippen LogP contribution in [0.4, 0.5) is 11.8 Å². The monoisotopic (exact) mass is 460 g/mol. The van der Waals surface area contributed by atoms with E-state index in [9.17, 15) is 4.79 Å². The van der Waals surface area contributed by atoms with Crippen molar-refractivity contribution in [1.82, 2.24) is 44.2 Å². The Kier molecular flexibility index (Phi) is 4.99. The molecular weight excluding hydrogens is 432 g/mol. The molecule has 0 fully saturated rings. The Morgan fingerprint density at radius 3 is 2.59 bits per heavy atom. The number of carbonyl (C=O) groups excluding carboxylic acids is 1. The predicted octanol–water partition coefficient (Wildman–Crippen LogP) is 2.60. The van der Waals surface area contributed by atoms with Gasteiger partial charge in [0.1, 0.15) is 17.2 Å². The van der Waals surface area contributed by atoms with Crippen molar-refractivity contribution >= 4 is 17.7 Å². The van der Waals surface area contributed by atoms with E-state index in [4.69, 9.17) is 4.98 Å². The largest absolute Gasteiger partial charge is 0.340 e. The van der Waals surface area contributed by atoms with Gasteiger partial charge in [0.05, 0.1) is 29.7 Å². The fourth-order valence-corrected chi connectivity index (χ4v) is 4.41. The zero-order valence-electron chi connectivity index (χ0n) is 20.2. The van der Waals surface area contributed by atoms with Crippen molar-refractivity contribution in [3.63, 3.8) is 0 Å². The van der Waals surface area contributed by atoms with Gasteiger partial charge in [0, 0.05) is 44.7 Å². The summed E-state index contributed by atoms with van der Waals surface area (Å²) in [5.74, 6) is 1.24. The molecule has 176 valence electrons. The molecule has 0 saturated carbocycles. The summed E-state index contributed by atoms with van der Waals surface area (Å²) in [5, 5.41) is 16.1. The summed E-state index contributed by atoms with van der Waals surface area (Å²) < 4.78 is 3.77. The van der Waals surface area contributed by atoms with Crippen LogP contribution in [-0.2, 0) is 27.2 Å². The highest BCUT2D eigenvalue weighted by molar-refractivity contribution is 5.95. The molecule has 0 aliphatic carbocycles. The molecule has 1 aliphatic rings. The summed E-state index contributed by atoms with van der Waals surface area (Å²) >= 11 is 0. The molecule has 5 rings (SSSR count). The normalized spacial score (nSPS) is 15.0. The standard InChI is InChI=1S/C23H28N10O/c1-14-9-24-22(26-19-7-15(2)28-30(19)5)27-20(14)16-8-18-21(34)33(12-17-10-25-31(6)29-17)23(3,4)13-32(18)11-16/h7-11H,12-13H2,1-6H3,(H,24,26,27). The van der Waals surface area contributed by atoms with Crippen LogP contribution in [0, 0.1) is 13.8 Å². The number of aryl methyl sites for hydroxylation is 4. The highest BCUT2D eigenvalue weighted by Crippen LogP contribution is 2.33. The molecule has 4 aromatic heterocycles. The lowest BCUT2D eigenvalue weighted by molar-refractivity contribution is 0.0382. The molecule has 1 amide bonds. The molecule has 0 bridgehead atoms. The molecule has 0 aromatic carbocycles. The van der Waals surface area contributed by atoms with Crippen molar-refractivity contribution in [2.45, 2.75) is 46.3 Å². The number of hydrogen-bond acceptors (Lipinski definition) is 7. The van der Waals surface area contributed by atoms with E-state index in [1.807, 2.05) is 48.7 Å². The highest BCUT2D eigenvalue weighted by Gasteiger charge is 2.39. The number of anilines is 2. The van der Waals surface area contributed by atoms with Crippen LogP contribution in [-0.4, -0.2) is 55.7 Å². The second-order valence-corrected chi connectivity index (χ2v) is 9.42. The number of amides is 1. The van der Waals surface area contributed by atoms with E-state index >= 15 is 0 Å². The van der Waals surface area contributed by atoms with Crippen LogP contribution in [0.1, 0.15) is 41.3 Å². The van der Waals surface area contributed by atoms with Crippen molar-refractivity contribution in [3.8, 4) is 11.3 Å². The van der Waals surface area contributed by atoms with Crippen LogP contribution in [0.15, 0.2) is 30.7 Å². The molecule has 4 aromatic rings. The minimum atomic E-state index is -0.386. The van der Waals surface area contributed by atoms with E-state index in [0.29, 0.717) is 24.7 Å². The Balaban J connectivity index is 1.47. The highest BCUT2D eigenvalue weighted by atomic mass is 16.2. The van der Waals surface area contributed by atoms with Crippen LogP contribution < -0.4 is 5.32 Å². The summed E-state index contributed by atoms with van der Waals surface area (Å²) in [5.41, 5.74) is 4.50. The van der Waals surface area contributed by atoms with Crippen LogP contribution in [0.25, 0.3) is 11.3 Å². The third kappa shape index (κ3) is 3.82. The first-order chi connectivity index (χ1) is 16.1. The van der Waals surface area contributed by atoms with Gasteiger partial charge in [-0.1, -0.05) is 0 Å². The Morgan fingerprint density at radius 2 is 1.91 bits per heavy atom. The van der Waals surface area contributed by atoms with Gasteiger partial charge in [-0.25, -0.2) is 9.97 Å². The molecule has 0 unspecified atom stereocenters. The van der Waals surface area contributed by atoms with Gasteiger partial charge in [0.15, 0.2) is 0 Å². The smallest absolute Gasteiger partial charge is 0.271 e. The van der Waals surface area contributed by atoms with Crippen LogP contribution in [0.2, 0.25) is 0 Å². The lowest BCUT2D eigenvalue weighted by Gasteiger charge is -2.42. The first-order valence-corrected chi connectivity index (χ1v) is 11.1. The quantitative estimate of drug-likeness (QED) is 0.487. The Morgan fingerprint density at radius 1 is 1.12 bits per heavy atom. The molecule has 0 spiro atoms. The lowest BCUT2D eigenvalue weighted by Crippen LogP contribution is -2.54. The molecule has 0 atom stereocenters. The number of nitrogens with one attached hydrogen (secondary N) is 1. The summed E-state index contributed by atoms with van der Waals surface area (Å²) in [6, 6.07) is 3.85. The second-order valence-electron chi connectivity index (χ2n) is 9.42. The fraction of sp³-hybridized carbons (Fsp3) is 0.391. The summed E-state index contributed by atoms with van der Waals surface area (Å²) in [6.07, 6.45) is 5.49. The maximum absolute atomic E-state index is 13.5. The number of carbonyl (C=O) groups is 1. The number of fused-ring (bicyclic) bond motifs is 1. The third-order valence-electron chi connectivity index (χ3n) is 6.10. The maximum Gasteiger partial charge on any atom is 0.271 e. The molecule has 1 N–H and O–H groups in total. The molecule has 34 heavy (non-hydrogen) atoms. The van der Waals surface area contributed by atoms with Gasteiger partial charge in [0.2, 0.25) is 5.95 Å². The molecule has 5 heterocycles. The van der Waals surface area contributed by atoms with Gasteiger partial charge in [-0.3, -0.25) is 9.48 Å². The molecule has 0 radical (unpaired) electrons. The Bertz CT molecular complexity index is 1390. The van der Waals surface area contributed by atoms with Crippen molar-refractivity contribution in [2.24, 2.45) is 14.1 Å². The zero-order chi connectivity index (χ0) is 24.2. The lowest BCUT2D eigenvalue weighted by atomic mass is 9.98. The number of aromatic nitrogens is 8. The maximum atomic E-state index is 13.5. The molecule has 11 nitrogen and oxygen atoms in total. The van der Waals surface area contributed by atoms with Gasteiger partial charge in [0.25, 0.3) is 5.91 Å². The van der Waals surface area contributed by atoms with Gasteiger partial charge in [-0.05, 0) is 39.3 Å². The van der Waals surface area contributed by atoms with Crippen molar-refractivity contribution in [3.05, 3.63) is 53.4 Å². The molecule has 0 saturated heterocycles. The van der Waals surface area contributed by atoms with Gasteiger partial charge in [-0.2, -0.15) is 20.1 Å². The van der Waals surface area contributed by atoms with Crippen LogP contribution in [0.3, 0.4) is 0 Å². The average Bonchev–Trinajstić information content (AvgIpc) is 3.45. The minimum absolute atomic E-state index is 0.0384. The summed E-state index contributed by atoms with van der Waals surface area (Å²) in [4.78, 5) is 26.1. The van der Waals surface area contributed by atoms with Crippen LogP contribution in [0.5, 0.6) is 0 Å². The molecule has 11 heteroatoms. The first-order valence-electron chi connectivity index (χ1n) is 11.1. The van der Waals surface area contributed by atoms with Gasteiger partial charge >= 0.3 is 0 Å². The van der Waals surface area contributed by atoms with E-state index < -0.39 is 0 Å².